The van der Waals surface area contributed by atoms with Crippen LogP contribution < -0.4 is 5.32 Å². The van der Waals surface area contributed by atoms with Crippen LogP contribution in [0.15, 0.2) is 35.0 Å². The van der Waals surface area contributed by atoms with Crippen LogP contribution in [0, 0.1) is 6.92 Å². The summed E-state index contributed by atoms with van der Waals surface area (Å²) in [7, 11) is 0. The molecule has 0 radical (unpaired) electrons. The zero-order chi connectivity index (χ0) is 17.6. The molecule has 0 saturated carbocycles. The minimum absolute atomic E-state index is 0.0929. The van der Waals surface area contributed by atoms with Crippen LogP contribution in [-0.4, -0.2) is 48.4 Å². The highest BCUT2D eigenvalue weighted by atomic mass is 32.1. The average molecular weight is 358 g/mol. The number of aryl methyl sites for hydroxylation is 2. The number of benzene rings is 1. The fourth-order valence-electron chi connectivity index (χ4n) is 3.33. The number of para-hydroxylation sites is 1. The number of carbonyl (C=O) groups excluding carboxylic acids is 1. The highest BCUT2D eigenvalue weighted by Crippen LogP contribution is 2.21. The van der Waals surface area contributed by atoms with E-state index in [1.165, 1.54) is 11.1 Å². The zero-order valence-electron chi connectivity index (χ0n) is 15.1. The highest BCUT2D eigenvalue weighted by molar-refractivity contribution is 7.07. The smallest absolute Gasteiger partial charge is 0.238 e. The molecular weight excluding hydrogens is 330 g/mol. The van der Waals surface area contributed by atoms with E-state index < -0.39 is 0 Å². The van der Waals surface area contributed by atoms with E-state index in [0.717, 1.165) is 50.4 Å². The third kappa shape index (κ3) is 4.91. The normalized spacial score (nSPS) is 16.1. The van der Waals surface area contributed by atoms with Gasteiger partial charge in [-0.1, -0.05) is 25.1 Å². The minimum atomic E-state index is 0.0929. The van der Waals surface area contributed by atoms with Crippen molar-refractivity contribution in [1.82, 2.24) is 9.80 Å². The van der Waals surface area contributed by atoms with Crippen LogP contribution in [0.2, 0.25) is 0 Å². The third-order valence-corrected chi connectivity index (χ3v) is 5.55. The first kappa shape index (κ1) is 18.1. The van der Waals surface area contributed by atoms with Crippen LogP contribution >= 0.6 is 11.3 Å². The van der Waals surface area contributed by atoms with Crippen molar-refractivity contribution in [3.8, 4) is 0 Å². The Bertz CT molecular complexity index is 691. The van der Waals surface area contributed by atoms with Crippen LogP contribution in [0.3, 0.4) is 0 Å². The van der Waals surface area contributed by atoms with Gasteiger partial charge in [0.05, 0.1) is 6.54 Å². The van der Waals surface area contributed by atoms with E-state index in [4.69, 9.17) is 0 Å². The topological polar surface area (TPSA) is 35.6 Å². The Morgan fingerprint density at radius 2 is 1.92 bits per heavy atom. The standard InChI is InChI=1S/C20H27N3OS/c1-3-18-6-4-5-16(2)20(18)21-19(24)14-23-10-8-22(9-11-23)13-17-7-12-25-15-17/h4-7,12,15H,3,8-11,13-14H2,1-2H3,(H,21,24). The van der Waals surface area contributed by atoms with Gasteiger partial charge in [0.25, 0.3) is 0 Å². The molecule has 1 aliphatic heterocycles. The van der Waals surface area contributed by atoms with Crippen LogP contribution in [0.4, 0.5) is 5.69 Å². The molecule has 1 aromatic heterocycles. The zero-order valence-corrected chi connectivity index (χ0v) is 15.9. The van der Waals surface area contributed by atoms with E-state index in [0.29, 0.717) is 6.54 Å². The van der Waals surface area contributed by atoms with Crippen molar-refractivity contribution in [3.63, 3.8) is 0 Å². The molecule has 0 atom stereocenters. The molecule has 1 fully saturated rings. The Morgan fingerprint density at radius 1 is 1.16 bits per heavy atom. The van der Waals surface area contributed by atoms with E-state index in [1.54, 1.807) is 11.3 Å². The van der Waals surface area contributed by atoms with E-state index in [1.807, 2.05) is 0 Å². The van der Waals surface area contributed by atoms with E-state index in [2.05, 4.69) is 64.0 Å². The van der Waals surface area contributed by atoms with Gasteiger partial charge in [0.15, 0.2) is 0 Å². The van der Waals surface area contributed by atoms with Crippen LogP contribution in [0.25, 0.3) is 0 Å². The van der Waals surface area contributed by atoms with E-state index in [-0.39, 0.29) is 5.91 Å². The van der Waals surface area contributed by atoms with Crippen molar-refractivity contribution >= 4 is 22.9 Å². The number of hydrogen-bond donors (Lipinski definition) is 1. The van der Waals surface area contributed by atoms with Crippen molar-refractivity contribution in [1.29, 1.82) is 0 Å². The van der Waals surface area contributed by atoms with Gasteiger partial charge in [-0.2, -0.15) is 11.3 Å². The number of carbonyl (C=O) groups is 1. The van der Waals surface area contributed by atoms with Crippen LogP contribution in [-0.2, 0) is 17.8 Å². The predicted octanol–water partition coefficient (Wildman–Crippen LogP) is 3.38. The molecule has 2 heterocycles. The molecule has 2 aromatic rings. The fourth-order valence-corrected chi connectivity index (χ4v) is 3.99. The van der Waals surface area contributed by atoms with Gasteiger partial charge in [-0.05, 0) is 46.9 Å². The second kappa shape index (κ2) is 8.61. The van der Waals surface area contributed by atoms with Crippen molar-refractivity contribution in [2.45, 2.75) is 26.8 Å². The predicted molar refractivity (Wildman–Crippen MR) is 105 cm³/mol. The second-order valence-corrected chi connectivity index (χ2v) is 7.47. The van der Waals surface area contributed by atoms with Crippen molar-refractivity contribution < 1.29 is 4.79 Å². The maximum Gasteiger partial charge on any atom is 0.238 e. The van der Waals surface area contributed by atoms with Gasteiger partial charge in [-0.25, -0.2) is 0 Å². The molecule has 0 spiro atoms. The molecule has 1 amide bonds. The molecule has 1 N–H and O–H groups in total. The lowest BCUT2D eigenvalue weighted by Crippen LogP contribution is -2.48. The lowest BCUT2D eigenvalue weighted by molar-refractivity contribution is -0.117. The molecular formula is C20H27N3OS. The van der Waals surface area contributed by atoms with E-state index >= 15 is 0 Å². The van der Waals surface area contributed by atoms with Gasteiger partial charge in [0, 0.05) is 38.4 Å². The number of thiophene rings is 1. The van der Waals surface area contributed by atoms with Crippen molar-refractivity contribution in [2.24, 2.45) is 0 Å². The minimum Gasteiger partial charge on any atom is -0.324 e. The lowest BCUT2D eigenvalue weighted by atomic mass is 10.1. The molecule has 0 aliphatic carbocycles. The molecule has 3 rings (SSSR count). The first-order valence-electron chi connectivity index (χ1n) is 9.00. The molecule has 5 heteroatoms. The number of rotatable bonds is 6. The molecule has 4 nitrogen and oxygen atoms in total. The Hall–Kier alpha value is -1.69. The summed E-state index contributed by atoms with van der Waals surface area (Å²) in [5.41, 5.74) is 4.72. The average Bonchev–Trinajstić information content (AvgIpc) is 3.11. The first-order chi connectivity index (χ1) is 12.2. The number of anilines is 1. The number of nitrogens with one attached hydrogen (secondary N) is 1. The summed E-state index contributed by atoms with van der Waals surface area (Å²) in [6.45, 7) is 9.62. The van der Waals surface area contributed by atoms with Crippen LogP contribution in [0.5, 0.6) is 0 Å². The molecule has 25 heavy (non-hydrogen) atoms. The summed E-state index contributed by atoms with van der Waals surface area (Å²) in [4.78, 5) is 17.2. The molecule has 1 aliphatic rings. The Morgan fingerprint density at radius 3 is 2.60 bits per heavy atom. The number of nitrogens with zero attached hydrogens (tertiary/aromatic N) is 2. The lowest BCUT2D eigenvalue weighted by Gasteiger charge is -2.34. The van der Waals surface area contributed by atoms with Crippen molar-refractivity contribution in [3.05, 3.63) is 51.7 Å². The van der Waals surface area contributed by atoms with Gasteiger partial charge in [0.1, 0.15) is 0 Å². The SMILES string of the molecule is CCc1cccc(C)c1NC(=O)CN1CCN(Cc2ccsc2)CC1. The highest BCUT2D eigenvalue weighted by Gasteiger charge is 2.19. The Kier molecular flexibility index (Phi) is 6.24. The monoisotopic (exact) mass is 357 g/mol. The summed E-state index contributed by atoms with van der Waals surface area (Å²) in [5, 5.41) is 7.48. The van der Waals surface area contributed by atoms with Gasteiger partial charge in [0.2, 0.25) is 5.91 Å². The van der Waals surface area contributed by atoms with Gasteiger partial charge in [-0.15, -0.1) is 0 Å². The Labute approximate surface area is 154 Å². The summed E-state index contributed by atoms with van der Waals surface area (Å²) < 4.78 is 0. The first-order valence-corrected chi connectivity index (χ1v) is 9.94. The molecule has 0 unspecified atom stereocenters. The summed E-state index contributed by atoms with van der Waals surface area (Å²) >= 11 is 1.75. The molecule has 0 bridgehead atoms. The third-order valence-electron chi connectivity index (χ3n) is 4.82. The molecule has 1 saturated heterocycles. The summed E-state index contributed by atoms with van der Waals surface area (Å²) in [6.07, 6.45) is 0.929. The maximum absolute atomic E-state index is 12.5. The van der Waals surface area contributed by atoms with Gasteiger partial charge >= 0.3 is 0 Å². The maximum atomic E-state index is 12.5. The van der Waals surface area contributed by atoms with Gasteiger partial charge in [-0.3, -0.25) is 14.6 Å². The number of hydrogen-bond acceptors (Lipinski definition) is 4. The number of amides is 1. The van der Waals surface area contributed by atoms with E-state index in [9.17, 15) is 4.79 Å². The summed E-state index contributed by atoms with van der Waals surface area (Å²) in [6, 6.07) is 8.39. The number of piperazine rings is 1. The quantitative estimate of drug-likeness (QED) is 0.861. The van der Waals surface area contributed by atoms with Gasteiger partial charge < -0.3 is 5.32 Å². The Balaban J connectivity index is 1.48. The molecule has 134 valence electrons. The largest absolute Gasteiger partial charge is 0.324 e. The summed E-state index contributed by atoms with van der Waals surface area (Å²) in [5.74, 6) is 0.0929. The molecule has 1 aromatic carbocycles. The van der Waals surface area contributed by atoms with Crippen molar-refractivity contribution in [2.75, 3.05) is 38.0 Å². The van der Waals surface area contributed by atoms with Crippen LogP contribution in [0.1, 0.15) is 23.6 Å². The fraction of sp³-hybridized carbons (Fsp3) is 0.450. The second-order valence-electron chi connectivity index (χ2n) is 6.69.